The predicted molar refractivity (Wildman–Crippen MR) is 93.2 cm³/mol. The molecule has 0 atom stereocenters. The molecule has 0 aliphatic heterocycles. The molecule has 1 heterocycles. The van der Waals surface area contributed by atoms with E-state index in [1.54, 1.807) is 16.9 Å². The first-order valence-corrected chi connectivity index (χ1v) is 8.34. The maximum absolute atomic E-state index is 11.6. The van der Waals surface area contributed by atoms with Crippen LogP contribution in [0.1, 0.15) is 33.1 Å². The third kappa shape index (κ3) is 5.22. The van der Waals surface area contributed by atoms with Crippen molar-refractivity contribution < 1.29 is 9.53 Å². The molecule has 2 rings (SSSR count). The molecular formula is C18H24N4O2. The van der Waals surface area contributed by atoms with E-state index in [1.165, 1.54) is 0 Å². The van der Waals surface area contributed by atoms with Crippen LogP contribution in [0.15, 0.2) is 47.6 Å². The van der Waals surface area contributed by atoms with E-state index in [1.807, 2.05) is 37.3 Å². The van der Waals surface area contributed by atoms with Crippen molar-refractivity contribution in [3.8, 4) is 11.6 Å². The third-order valence-electron chi connectivity index (χ3n) is 3.34. The van der Waals surface area contributed by atoms with Gasteiger partial charge in [-0.3, -0.25) is 0 Å². The fourth-order valence-electron chi connectivity index (χ4n) is 2.16. The van der Waals surface area contributed by atoms with Crippen LogP contribution in [-0.2, 0) is 0 Å². The zero-order valence-electron chi connectivity index (χ0n) is 14.2. The molecule has 1 N–H and O–H groups in total. The van der Waals surface area contributed by atoms with E-state index < -0.39 is 0 Å². The van der Waals surface area contributed by atoms with Crippen molar-refractivity contribution in [2.24, 2.45) is 4.99 Å². The second-order valence-corrected chi connectivity index (χ2v) is 5.30. The van der Waals surface area contributed by atoms with Crippen molar-refractivity contribution in [3.63, 3.8) is 0 Å². The SMILES string of the molecule is CCCCCOc1c/c(=N\C(=O)NCC)cnn1-c1ccccc1. The number of nitrogens with one attached hydrogen (secondary N) is 1. The first kappa shape index (κ1) is 17.7. The molecular weight excluding hydrogens is 304 g/mol. The van der Waals surface area contributed by atoms with Gasteiger partial charge < -0.3 is 10.1 Å². The van der Waals surface area contributed by atoms with Crippen LogP contribution in [-0.4, -0.2) is 29.0 Å². The van der Waals surface area contributed by atoms with Crippen molar-refractivity contribution in [1.82, 2.24) is 15.1 Å². The van der Waals surface area contributed by atoms with Crippen LogP contribution < -0.4 is 15.4 Å². The number of unbranched alkanes of at least 4 members (excludes halogenated alkanes) is 2. The zero-order valence-corrected chi connectivity index (χ0v) is 14.2. The van der Waals surface area contributed by atoms with E-state index in [4.69, 9.17) is 4.74 Å². The lowest BCUT2D eigenvalue weighted by molar-refractivity contribution is 0.249. The topological polar surface area (TPSA) is 68.5 Å². The number of ether oxygens (including phenoxy) is 1. The average Bonchev–Trinajstić information content (AvgIpc) is 2.60. The van der Waals surface area contributed by atoms with Gasteiger partial charge in [0.2, 0.25) is 5.88 Å². The molecule has 0 unspecified atom stereocenters. The number of nitrogens with zero attached hydrogens (tertiary/aromatic N) is 3. The van der Waals surface area contributed by atoms with E-state index in [9.17, 15) is 4.79 Å². The van der Waals surface area contributed by atoms with Gasteiger partial charge >= 0.3 is 6.03 Å². The lowest BCUT2D eigenvalue weighted by atomic mass is 10.3. The highest BCUT2D eigenvalue weighted by Gasteiger charge is 2.06. The quantitative estimate of drug-likeness (QED) is 0.794. The third-order valence-corrected chi connectivity index (χ3v) is 3.34. The summed E-state index contributed by atoms with van der Waals surface area (Å²) < 4.78 is 7.60. The van der Waals surface area contributed by atoms with Crippen molar-refractivity contribution >= 4 is 6.03 Å². The number of hydrogen-bond acceptors (Lipinski definition) is 3. The molecule has 128 valence electrons. The Morgan fingerprint density at radius 2 is 2.04 bits per heavy atom. The van der Waals surface area contributed by atoms with Crippen molar-refractivity contribution in [1.29, 1.82) is 0 Å². The van der Waals surface area contributed by atoms with Crippen LogP contribution in [0.5, 0.6) is 5.88 Å². The number of benzene rings is 1. The molecule has 0 saturated carbocycles. The van der Waals surface area contributed by atoms with E-state index in [2.05, 4.69) is 22.3 Å². The number of amides is 2. The Bertz CT molecular complexity index is 710. The second-order valence-electron chi connectivity index (χ2n) is 5.30. The smallest absolute Gasteiger partial charge is 0.341 e. The summed E-state index contributed by atoms with van der Waals surface area (Å²) in [5.74, 6) is 0.572. The number of rotatable bonds is 7. The van der Waals surface area contributed by atoms with Crippen LogP contribution in [0, 0.1) is 0 Å². The molecule has 2 aromatic rings. The summed E-state index contributed by atoms with van der Waals surface area (Å²) in [7, 11) is 0. The maximum Gasteiger partial charge on any atom is 0.341 e. The summed E-state index contributed by atoms with van der Waals surface area (Å²) in [5, 5.41) is 7.49. The Kier molecular flexibility index (Phi) is 7.01. The molecule has 0 bridgehead atoms. The predicted octanol–water partition coefficient (Wildman–Crippen LogP) is 3.07. The van der Waals surface area contributed by atoms with E-state index in [-0.39, 0.29) is 6.03 Å². The van der Waals surface area contributed by atoms with Gasteiger partial charge in [-0.15, -0.1) is 0 Å². The summed E-state index contributed by atoms with van der Waals surface area (Å²) in [6.07, 6.45) is 4.78. The number of urea groups is 1. The van der Waals surface area contributed by atoms with Crippen molar-refractivity contribution in [3.05, 3.63) is 48.0 Å². The molecule has 1 aromatic heterocycles. The molecule has 0 aliphatic rings. The molecule has 0 fully saturated rings. The van der Waals surface area contributed by atoms with E-state index in [0.29, 0.717) is 24.4 Å². The van der Waals surface area contributed by atoms with Gasteiger partial charge in [-0.05, 0) is 25.5 Å². The minimum absolute atomic E-state index is 0.381. The first-order chi connectivity index (χ1) is 11.7. The summed E-state index contributed by atoms with van der Waals surface area (Å²) in [4.78, 5) is 15.6. The molecule has 0 aliphatic carbocycles. The number of carbonyl (C=O) groups excluding carboxylic acids is 1. The number of aromatic nitrogens is 2. The highest BCUT2D eigenvalue weighted by atomic mass is 16.5. The second kappa shape index (κ2) is 9.50. The molecule has 1 aromatic carbocycles. The van der Waals surface area contributed by atoms with Crippen molar-refractivity contribution in [2.75, 3.05) is 13.2 Å². The van der Waals surface area contributed by atoms with Gasteiger partial charge in [-0.25, -0.2) is 9.48 Å². The Morgan fingerprint density at radius 3 is 2.75 bits per heavy atom. The largest absolute Gasteiger partial charge is 0.478 e. The maximum atomic E-state index is 11.6. The molecule has 0 radical (unpaired) electrons. The Hall–Kier alpha value is -2.63. The summed E-state index contributed by atoms with van der Waals surface area (Å²) in [6.45, 7) is 5.14. The molecule has 0 spiro atoms. The van der Waals surface area contributed by atoms with Gasteiger partial charge in [0, 0.05) is 12.6 Å². The molecule has 6 heteroatoms. The molecule has 6 nitrogen and oxygen atoms in total. The van der Waals surface area contributed by atoms with E-state index in [0.717, 1.165) is 24.9 Å². The molecule has 0 saturated heterocycles. The fourth-order valence-corrected chi connectivity index (χ4v) is 2.16. The van der Waals surface area contributed by atoms with Gasteiger partial charge in [0.05, 0.1) is 23.8 Å². The van der Waals surface area contributed by atoms with Gasteiger partial charge in [-0.1, -0.05) is 38.0 Å². The van der Waals surface area contributed by atoms with Gasteiger partial charge in [0.1, 0.15) is 0 Å². The number of carbonyl (C=O) groups is 1. The minimum atomic E-state index is -0.381. The highest BCUT2D eigenvalue weighted by Crippen LogP contribution is 2.14. The number of hydrogen-bond donors (Lipinski definition) is 1. The van der Waals surface area contributed by atoms with Crippen LogP contribution >= 0.6 is 0 Å². The minimum Gasteiger partial charge on any atom is -0.478 e. The van der Waals surface area contributed by atoms with Crippen LogP contribution in [0.4, 0.5) is 4.79 Å². The summed E-state index contributed by atoms with van der Waals surface area (Å²) >= 11 is 0. The lowest BCUT2D eigenvalue weighted by Gasteiger charge is -2.13. The summed E-state index contributed by atoms with van der Waals surface area (Å²) in [6, 6.07) is 11.1. The van der Waals surface area contributed by atoms with Crippen LogP contribution in [0.2, 0.25) is 0 Å². The Labute approximate surface area is 142 Å². The fraction of sp³-hybridized carbons (Fsp3) is 0.389. The lowest BCUT2D eigenvalue weighted by Crippen LogP contribution is -2.22. The van der Waals surface area contributed by atoms with Crippen LogP contribution in [0.25, 0.3) is 5.69 Å². The average molecular weight is 328 g/mol. The zero-order chi connectivity index (χ0) is 17.2. The first-order valence-electron chi connectivity index (χ1n) is 8.34. The Balaban J connectivity index is 2.31. The van der Waals surface area contributed by atoms with Gasteiger partial charge in [0.15, 0.2) is 0 Å². The van der Waals surface area contributed by atoms with Crippen LogP contribution in [0.3, 0.4) is 0 Å². The van der Waals surface area contributed by atoms with E-state index >= 15 is 0 Å². The number of para-hydroxylation sites is 1. The Morgan fingerprint density at radius 1 is 1.25 bits per heavy atom. The normalized spacial score (nSPS) is 11.3. The standard InChI is InChI=1S/C18H24N4O2/c1-3-5-9-12-24-17-13-15(21-18(23)19-4-2)14-20-22(17)16-10-7-6-8-11-16/h6-8,10-11,13-14H,3-5,9,12H2,1-2H3,(H,19,23)/b21-15+. The van der Waals surface area contributed by atoms with Crippen molar-refractivity contribution in [2.45, 2.75) is 33.1 Å². The van der Waals surface area contributed by atoms with Gasteiger partial charge in [-0.2, -0.15) is 10.1 Å². The molecule has 24 heavy (non-hydrogen) atoms. The van der Waals surface area contributed by atoms with Gasteiger partial charge in [0.25, 0.3) is 0 Å². The monoisotopic (exact) mass is 328 g/mol. The highest BCUT2D eigenvalue weighted by molar-refractivity contribution is 5.74. The summed E-state index contributed by atoms with van der Waals surface area (Å²) in [5.41, 5.74) is 0.896. The molecule has 2 amide bonds.